The van der Waals surface area contributed by atoms with Gasteiger partial charge in [0.25, 0.3) is 5.91 Å². The molecule has 7 heteroatoms. The fourth-order valence-electron chi connectivity index (χ4n) is 1.74. The highest BCUT2D eigenvalue weighted by Crippen LogP contribution is 2.11. The molecule has 0 aliphatic heterocycles. The van der Waals surface area contributed by atoms with Crippen molar-refractivity contribution >= 4 is 17.6 Å². The van der Waals surface area contributed by atoms with Gasteiger partial charge in [-0.25, -0.2) is 0 Å². The fraction of sp³-hybridized carbons (Fsp3) is 0.308. The number of carbonyl (C=O) groups excluding carboxylic acids is 2. The van der Waals surface area contributed by atoms with E-state index >= 15 is 0 Å². The third-order valence-corrected chi connectivity index (χ3v) is 2.60. The fourth-order valence-corrected chi connectivity index (χ4v) is 1.74. The lowest BCUT2D eigenvalue weighted by molar-refractivity contribution is -0.119. The van der Waals surface area contributed by atoms with Crippen LogP contribution in [-0.4, -0.2) is 28.4 Å². The minimum absolute atomic E-state index is 0.0265. The lowest BCUT2D eigenvalue weighted by atomic mass is 9.99. The summed E-state index contributed by atoms with van der Waals surface area (Å²) >= 11 is 0. The number of rotatable bonds is 5. The van der Waals surface area contributed by atoms with Gasteiger partial charge >= 0.3 is 0 Å². The number of benzene rings is 1. The number of nitrogens with one attached hydrogen (secondary N) is 1. The molecule has 0 atom stereocenters. The van der Waals surface area contributed by atoms with Gasteiger partial charge in [-0.1, -0.05) is 17.3 Å². The molecule has 0 aliphatic rings. The summed E-state index contributed by atoms with van der Waals surface area (Å²) in [5, 5.41) is 14.2. The lowest BCUT2D eigenvalue weighted by Gasteiger charge is -2.24. The second kappa shape index (κ2) is 6.05. The average molecular weight is 278 g/mol. The van der Waals surface area contributed by atoms with E-state index in [2.05, 4.69) is 10.5 Å². The van der Waals surface area contributed by atoms with Crippen LogP contribution in [0.2, 0.25) is 0 Å². The van der Waals surface area contributed by atoms with Crippen molar-refractivity contribution in [1.82, 2.24) is 5.32 Å². The molecule has 0 saturated heterocycles. The van der Waals surface area contributed by atoms with Crippen molar-refractivity contribution in [3.63, 3.8) is 0 Å². The molecule has 0 spiro atoms. The maximum absolute atomic E-state index is 12.1. The number of primary amides is 1. The van der Waals surface area contributed by atoms with E-state index in [4.69, 9.17) is 16.7 Å². The van der Waals surface area contributed by atoms with E-state index in [1.165, 1.54) is 6.07 Å². The van der Waals surface area contributed by atoms with Crippen molar-refractivity contribution < 1.29 is 14.8 Å². The first-order chi connectivity index (χ1) is 9.25. The Morgan fingerprint density at radius 2 is 1.90 bits per heavy atom. The number of hydrogen-bond donors (Lipinski definition) is 4. The van der Waals surface area contributed by atoms with Gasteiger partial charge in [-0.2, -0.15) is 0 Å². The molecule has 6 N–H and O–H groups in total. The highest BCUT2D eigenvalue weighted by Gasteiger charge is 2.23. The SMILES string of the molecule is CC(C)(CC(N)=O)NC(=O)c1cccc(/C(N)=N/O)c1. The minimum Gasteiger partial charge on any atom is -0.409 e. The summed E-state index contributed by atoms with van der Waals surface area (Å²) in [6.07, 6.45) is 0.0265. The first-order valence-electron chi connectivity index (χ1n) is 5.94. The number of nitrogens with two attached hydrogens (primary N) is 2. The van der Waals surface area contributed by atoms with Gasteiger partial charge in [0.2, 0.25) is 5.91 Å². The molecule has 0 unspecified atom stereocenters. The van der Waals surface area contributed by atoms with Gasteiger partial charge in [-0.05, 0) is 26.0 Å². The second-order valence-corrected chi connectivity index (χ2v) is 5.05. The van der Waals surface area contributed by atoms with Crippen LogP contribution in [0, 0.1) is 0 Å². The Morgan fingerprint density at radius 3 is 2.45 bits per heavy atom. The van der Waals surface area contributed by atoms with Crippen molar-refractivity contribution in [2.45, 2.75) is 25.8 Å². The average Bonchev–Trinajstić information content (AvgIpc) is 2.35. The smallest absolute Gasteiger partial charge is 0.251 e. The van der Waals surface area contributed by atoms with Gasteiger partial charge in [-0.3, -0.25) is 9.59 Å². The predicted octanol–water partition coefficient (Wildman–Crippen LogP) is 0.165. The van der Waals surface area contributed by atoms with Gasteiger partial charge in [0.15, 0.2) is 5.84 Å². The highest BCUT2D eigenvalue weighted by atomic mass is 16.4. The monoisotopic (exact) mass is 278 g/mol. The Hall–Kier alpha value is -2.57. The van der Waals surface area contributed by atoms with Crippen molar-refractivity contribution in [1.29, 1.82) is 0 Å². The van der Waals surface area contributed by atoms with Gasteiger partial charge in [0, 0.05) is 23.1 Å². The molecule has 0 saturated carbocycles. The Balaban J connectivity index is 2.90. The first kappa shape index (κ1) is 15.5. The molecular weight excluding hydrogens is 260 g/mol. The van der Waals surface area contributed by atoms with E-state index in [-0.39, 0.29) is 18.2 Å². The van der Waals surface area contributed by atoms with Crippen LogP contribution < -0.4 is 16.8 Å². The maximum atomic E-state index is 12.1. The number of hydrogen-bond acceptors (Lipinski definition) is 4. The standard InChI is InChI=1S/C13H18N4O3/c1-13(2,7-10(14)18)16-12(19)9-5-3-4-8(6-9)11(15)17-20/h3-6,20H,7H2,1-2H3,(H2,14,18)(H2,15,17)(H,16,19). The first-order valence-corrected chi connectivity index (χ1v) is 5.94. The summed E-state index contributed by atoms with van der Waals surface area (Å²) in [7, 11) is 0. The van der Waals surface area contributed by atoms with Crippen molar-refractivity contribution in [2.24, 2.45) is 16.6 Å². The normalized spacial score (nSPS) is 12.0. The van der Waals surface area contributed by atoms with E-state index < -0.39 is 11.4 Å². The van der Waals surface area contributed by atoms with Crippen LogP contribution in [0.15, 0.2) is 29.4 Å². The van der Waals surface area contributed by atoms with Crippen LogP contribution >= 0.6 is 0 Å². The van der Waals surface area contributed by atoms with Crippen LogP contribution in [0.1, 0.15) is 36.2 Å². The van der Waals surface area contributed by atoms with Gasteiger partial charge in [0.05, 0.1) is 0 Å². The Kier molecular flexibility index (Phi) is 4.68. The number of carbonyl (C=O) groups is 2. The molecule has 0 aromatic heterocycles. The molecule has 7 nitrogen and oxygen atoms in total. The largest absolute Gasteiger partial charge is 0.409 e. The van der Waals surface area contributed by atoms with E-state index in [1.807, 2.05) is 0 Å². The number of amidine groups is 1. The minimum atomic E-state index is -0.754. The van der Waals surface area contributed by atoms with E-state index in [0.717, 1.165) is 0 Å². The molecule has 0 radical (unpaired) electrons. The van der Waals surface area contributed by atoms with E-state index in [1.54, 1.807) is 32.0 Å². The molecular formula is C13H18N4O3. The van der Waals surface area contributed by atoms with E-state index in [0.29, 0.717) is 11.1 Å². The van der Waals surface area contributed by atoms with E-state index in [9.17, 15) is 9.59 Å². The molecule has 108 valence electrons. The van der Waals surface area contributed by atoms with Crippen LogP contribution in [0.5, 0.6) is 0 Å². The van der Waals surface area contributed by atoms with Crippen LogP contribution in [-0.2, 0) is 4.79 Å². The molecule has 20 heavy (non-hydrogen) atoms. The Morgan fingerprint density at radius 1 is 1.30 bits per heavy atom. The predicted molar refractivity (Wildman–Crippen MR) is 74.3 cm³/mol. The quantitative estimate of drug-likeness (QED) is 0.264. The Bertz CT molecular complexity index is 552. The summed E-state index contributed by atoms with van der Waals surface area (Å²) in [6.45, 7) is 3.39. The maximum Gasteiger partial charge on any atom is 0.251 e. The van der Waals surface area contributed by atoms with Crippen molar-refractivity contribution in [3.05, 3.63) is 35.4 Å². The summed E-state index contributed by atoms with van der Waals surface area (Å²) in [5.74, 6) is -0.958. The van der Waals surface area contributed by atoms with Crippen molar-refractivity contribution in [3.8, 4) is 0 Å². The van der Waals surface area contributed by atoms with Crippen LogP contribution in [0.4, 0.5) is 0 Å². The highest BCUT2D eigenvalue weighted by molar-refractivity contribution is 6.01. The summed E-state index contributed by atoms with van der Waals surface area (Å²) in [6, 6.07) is 6.30. The summed E-state index contributed by atoms with van der Waals surface area (Å²) < 4.78 is 0. The van der Waals surface area contributed by atoms with Crippen molar-refractivity contribution in [2.75, 3.05) is 0 Å². The second-order valence-electron chi connectivity index (χ2n) is 5.05. The molecule has 1 rings (SSSR count). The zero-order valence-electron chi connectivity index (χ0n) is 11.4. The van der Waals surface area contributed by atoms with Crippen LogP contribution in [0.3, 0.4) is 0 Å². The topological polar surface area (TPSA) is 131 Å². The number of nitrogens with zero attached hydrogens (tertiary/aromatic N) is 1. The van der Waals surface area contributed by atoms with Gasteiger partial charge in [-0.15, -0.1) is 0 Å². The molecule has 0 fully saturated rings. The summed E-state index contributed by atoms with van der Waals surface area (Å²) in [4.78, 5) is 23.0. The third kappa shape index (κ3) is 4.27. The summed E-state index contributed by atoms with van der Waals surface area (Å²) in [5.41, 5.74) is 10.6. The molecule has 0 heterocycles. The molecule has 0 aliphatic carbocycles. The zero-order valence-corrected chi connectivity index (χ0v) is 11.4. The molecule has 1 aromatic carbocycles. The van der Waals surface area contributed by atoms with Gasteiger partial charge < -0.3 is 22.0 Å². The lowest BCUT2D eigenvalue weighted by Crippen LogP contribution is -2.46. The van der Waals surface area contributed by atoms with Gasteiger partial charge in [0.1, 0.15) is 0 Å². The molecule has 1 aromatic rings. The third-order valence-electron chi connectivity index (χ3n) is 2.60. The molecule has 0 bridgehead atoms. The Labute approximate surface area is 116 Å². The molecule has 2 amide bonds. The zero-order chi connectivity index (χ0) is 15.3. The number of oxime groups is 1. The number of amides is 2. The van der Waals surface area contributed by atoms with Crippen LogP contribution in [0.25, 0.3) is 0 Å².